The van der Waals surface area contributed by atoms with Gasteiger partial charge >= 0.3 is 0 Å². The first-order valence-corrected chi connectivity index (χ1v) is 16.0. The molecule has 12 heteroatoms. The molecule has 0 unspecified atom stereocenters. The number of benzene rings is 2. The van der Waals surface area contributed by atoms with Crippen LogP contribution in [-0.4, -0.2) is 89.1 Å². The van der Waals surface area contributed by atoms with E-state index in [9.17, 15) is 13.7 Å². The molecule has 1 aromatic heterocycles. The molecular weight excluding hydrogens is 570 g/mol. The van der Waals surface area contributed by atoms with Crippen molar-refractivity contribution in [3.8, 4) is 28.8 Å². The molecule has 5 rings (SSSR count). The Morgan fingerprint density at radius 2 is 1.84 bits per heavy atom. The van der Waals surface area contributed by atoms with Gasteiger partial charge in [-0.15, -0.1) is 0 Å². The Hall–Kier alpha value is -3.60. The van der Waals surface area contributed by atoms with Crippen molar-refractivity contribution in [2.24, 2.45) is 0 Å². The van der Waals surface area contributed by atoms with Crippen molar-refractivity contribution in [1.29, 1.82) is 5.26 Å². The molecule has 2 aliphatic rings. The summed E-state index contributed by atoms with van der Waals surface area (Å²) < 4.78 is 51.1. The standard InChI is InChI=1S/C31H37N5O6S/c1-39-29-19-23(3-6-30(29)43(37,38)34-10-2-12-36-13-17-41-18-14-36)20-31-33-11-7-27(35-31)24-4-5-28(25(21-24)22-32)42-26-8-15-40-16-9-26/h3-7,11,19,21,26,34H,2,8-10,12-18,20H2,1H3. The minimum absolute atomic E-state index is 0.0341. The summed E-state index contributed by atoms with van der Waals surface area (Å²) in [5.41, 5.74) is 2.70. The number of rotatable bonds is 12. The average molecular weight is 608 g/mol. The van der Waals surface area contributed by atoms with Crippen molar-refractivity contribution in [2.75, 3.05) is 59.7 Å². The summed E-state index contributed by atoms with van der Waals surface area (Å²) in [7, 11) is -2.30. The first-order valence-electron chi connectivity index (χ1n) is 14.5. The van der Waals surface area contributed by atoms with Gasteiger partial charge in [0, 0.05) is 50.7 Å². The highest BCUT2D eigenvalue weighted by molar-refractivity contribution is 7.89. The van der Waals surface area contributed by atoms with Crippen LogP contribution in [0.15, 0.2) is 53.6 Å². The Kier molecular flexibility index (Phi) is 10.6. The van der Waals surface area contributed by atoms with Crippen LogP contribution in [0.2, 0.25) is 0 Å². The molecule has 3 aromatic rings. The van der Waals surface area contributed by atoms with Crippen molar-refractivity contribution in [1.82, 2.24) is 19.6 Å². The van der Waals surface area contributed by atoms with E-state index in [1.807, 2.05) is 12.1 Å². The molecule has 0 radical (unpaired) electrons. The number of ether oxygens (including phenoxy) is 4. The first-order chi connectivity index (χ1) is 20.9. The fraction of sp³-hybridized carbons (Fsp3) is 0.452. The smallest absolute Gasteiger partial charge is 0.244 e. The number of morpholine rings is 1. The summed E-state index contributed by atoms with van der Waals surface area (Å²) >= 11 is 0. The highest BCUT2D eigenvalue weighted by Crippen LogP contribution is 2.29. The molecule has 2 aromatic carbocycles. The summed E-state index contributed by atoms with van der Waals surface area (Å²) in [4.78, 5) is 11.5. The molecule has 3 heterocycles. The normalized spacial score (nSPS) is 16.5. The predicted molar refractivity (Wildman–Crippen MR) is 160 cm³/mol. The maximum Gasteiger partial charge on any atom is 0.244 e. The van der Waals surface area contributed by atoms with Crippen LogP contribution >= 0.6 is 0 Å². The van der Waals surface area contributed by atoms with E-state index in [0.717, 1.165) is 43.6 Å². The van der Waals surface area contributed by atoms with Crippen LogP contribution < -0.4 is 14.2 Å². The molecule has 11 nitrogen and oxygen atoms in total. The fourth-order valence-electron chi connectivity index (χ4n) is 5.14. The van der Waals surface area contributed by atoms with E-state index < -0.39 is 10.0 Å². The molecule has 0 spiro atoms. The minimum atomic E-state index is -3.75. The van der Waals surface area contributed by atoms with E-state index in [-0.39, 0.29) is 16.7 Å². The molecule has 228 valence electrons. The molecule has 43 heavy (non-hydrogen) atoms. The quantitative estimate of drug-likeness (QED) is 0.306. The summed E-state index contributed by atoms with van der Waals surface area (Å²) in [5.74, 6) is 1.37. The molecule has 0 aliphatic carbocycles. The number of nitrogens with zero attached hydrogens (tertiary/aromatic N) is 4. The van der Waals surface area contributed by atoms with Crippen LogP contribution in [0.25, 0.3) is 11.3 Å². The summed E-state index contributed by atoms with van der Waals surface area (Å²) in [6.45, 7) is 5.63. The average Bonchev–Trinajstić information content (AvgIpc) is 3.04. The number of hydrogen-bond donors (Lipinski definition) is 1. The maximum atomic E-state index is 13.0. The van der Waals surface area contributed by atoms with Crippen LogP contribution in [0.1, 0.15) is 36.2 Å². The molecular formula is C31H37N5O6S. The van der Waals surface area contributed by atoms with Crippen molar-refractivity contribution in [3.63, 3.8) is 0 Å². The van der Waals surface area contributed by atoms with E-state index in [1.54, 1.807) is 36.5 Å². The van der Waals surface area contributed by atoms with Gasteiger partial charge in [0.05, 0.1) is 44.8 Å². The number of hydrogen-bond acceptors (Lipinski definition) is 10. The second-order valence-corrected chi connectivity index (χ2v) is 12.2. The van der Waals surface area contributed by atoms with Crippen LogP contribution in [0.4, 0.5) is 0 Å². The third-order valence-electron chi connectivity index (χ3n) is 7.49. The fourth-order valence-corrected chi connectivity index (χ4v) is 6.36. The first kappa shape index (κ1) is 30.8. The van der Waals surface area contributed by atoms with Crippen LogP contribution in [0.3, 0.4) is 0 Å². The zero-order valence-corrected chi connectivity index (χ0v) is 25.1. The zero-order valence-electron chi connectivity index (χ0n) is 24.3. The van der Waals surface area contributed by atoms with E-state index in [2.05, 4.69) is 20.7 Å². The predicted octanol–water partition coefficient (Wildman–Crippen LogP) is 3.17. The van der Waals surface area contributed by atoms with Gasteiger partial charge in [-0.05, 0) is 54.9 Å². The Morgan fingerprint density at radius 1 is 1.05 bits per heavy atom. The van der Waals surface area contributed by atoms with Gasteiger partial charge < -0.3 is 18.9 Å². The number of sulfonamides is 1. The van der Waals surface area contributed by atoms with Crippen LogP contribution in [-0.2, 0) is 25.9 Å². The second kappa shape index (κ2) is 14.7. The monoisotopic (exact) mass is 607 g/mol. The molecule has 2 aliphatic heterocycles. The van der Waals surface area contributed by atoms with Crippen molar-refractivity contribution < 1.29 is 27.4 Å². The maximum absolute atomic E-state index is 13.0. The molecule has 0 bridgehead atoms. The van der Waals surface area contributed by atoms with E-state index in [0.29, 0.717) is 68.6 Å². The van der Waals surface area contributed by atoms with Gasteiger partial charge in [-0.25, -0.2) is 23.1 Å². The molecule has 0 atom stereocenters. The third kappa shape index (κ3) is 8.28. The number of nitrogens with one attached hydrogen (secondary N) is 1. The Bertz CT molecular complexity index is 1530. The number of aromatic nitrogens is 2. The topological polar surface area (TPSA) is 136 Å². The largest absolute Gasteiger partial charge is 0.495 e. The second-order valence-electron chi connectivity index (χ2n) is 10.5. The van der Waals surface area contributed by atoms with Gasteiger partial charge in [-0.1, -0.05) is 6.07 Å². The molecule has 0 amide bonds. The summed E-state index contributed by atoms with van der Waals surface area (Å²) in [6, 6.07) is 14.5. The number of nitriles is 1. The van der Waals surface area contributed by atoms with E-state index in [1.165, 1.54) is 7.11 Å². The van der Waals surface area contributed by atoms with E-state index in [4.69, 9.17) is 23.9 Å². The lowest BCUT2D eigenvalue weighted by Gasteiger charge is -2.26. The van der Waals surface area contributed by atoms with Gasteiger partial charge in [0.25, 0.3) is 0 Å². The highest BCUT2D eigenvalue weighted by atomic mass is 32.2. The van der Waals surface area contributed by atoms with Crippen molar-refractivity contribution in [2.45, 2.75) is 36.7 Å². The Labute approximate surface area is 252 Å². The van der Waals surface area contributed by atoms with Gasteiger partial charge in [0.15, 0.2) is 0 Å². The highest BCUT2D eigenvalue weighted by Gasteiger charge is 2.21. The van der Waals surface area contributed by atoms with E-state index >= 15 is 0 Å². The Morgan fingerprint density at radius 3 is 2.60 bits per heavy atom. The van der Waals surface area contributed by atoms with Crippen molar-refractivity contribution >= 4 is 10.0 Å². The van der Waals surface area contributed by atoms with Gasteiger partial charge in [0.2, 0.25) is 10.0 Å². The SMILES string of the molecule is COc1cc(Cc2nccc(-c3ccc(OC4CCOCC4)c(C#N)c3)n2)ccc1S(=O)(=O)NCCCN1CCOCC1. The Balaban J connectivity index is 1.24. The lowest BCUT2D eigenvalue weighted by Crippen LogP contribution is -2.38. The molecule has 2 fully saturated rings. The van der Waals surface area contributed by atoms with Gasteiger partial charge in [-0.3, -0.25) is 4.90 Å². The van der Waals surface area contributed by atoms with Gasteiger partial charge in [0.1, 0.15) is 34.4 Å². The minimum Gasteiger partial charge on any atom is -0.495 e. The lowest BCUT2D eigenvalue weighted by molar-refractivity contribution is 0.0254. The zero-order chi connectivity index (χ0) is 30.1. The summed E-state index contributed by atoms with van der Waals surface area (Å²) in [5, 5.41) is 9.76. The third-order valence-corrected chi connectivity index (χ3v) is 8.99. The van der Waals surface area contributed by atoms with Gasteiger partial charge in [-0.2, -0.15) is 5.26 Å². The number of methoxy groups -OCH3 is 1. The molecule has 0 saturated carbocycles. The lowest BCUT2D eigenvalue weighted by atomic mass is 10.1. The van der Waals surface area contributed by atoms with Crippen molar-refractivity contribution in [3.05, 3.63) is 65.6 Å². The molecule has 2 saturated heterocycles. The summed E-state index contributed by atoms with van der Waals surface area (Å²) in [6.07, 6.45) is 4.37. The van der Waals surface area contributed by atoms with Crippen LogP contribution in [0, 0.1) is 11.3 Å². The van der Waals surface area contributed by atoms with Crippen LogP contribution in [0.5, 0.6) is 11.5 Å². The molecule has 1 N–H and O–H groups in total.